The van der Waals surface area contributed by atoms with Crippen LogP contribution in [0.3, 0.4) is 0 Å². The molecule has 0 spiro atoms. The van der Waals surface area contributed by atoms with E-state index in [0.29, 0.717) is 22.6 Å². The molecular formula is C30H28N2O5. The normalized spacial score (nSPS) is 15.6. The van der Waals surface area contributed by atoms with Crippen molar-refractivity contribution in [3.63, 3.8) is 0 Å². The molecule has 37 heavy (non-hydrogen) atoms. The Kier molecular flexibility index (Phi) is 6.21. The van der Waals surface area contributed by atoms with Gasteiger partial charge in [0.2, 0.25) is 5.78 Å². The van der Waals surface area contributed by atoms with E-state index in [4.69, 9.17) is 9.15 Å². The summed E-state index contributed by atoms with van der Waals surface area (Å²) in [4.78, 5) is 30.7. The Morgan fingerprint density at radius 2 is 1.73 bits per heavy atom. The van der Waals surface area contributed by atoms with Crippen LogP contribution in [-0.2, 0) is 4.79 Å². The number of Topliss-reactive ketones (excluding diaryl/α,β-unsaturated/α-hetero) is 1. The van der Waals surface area contributed by atoms with Crippen LogP contribution in [0.4, 0.5) is 11.4 Å². The molecule has 5 rings (SSSR count). The average Bonchev–Trinajstić information content (AvgIpc) is 3.42. The van der Waals surface area contributed by atoms with E-state index < -0.39 is 23.5 Å². The number of rotatable bonds is 7. The summed E-state index contributed by atoms with van der Waals surface area (Å²) < 4.78 is 11.7. The van der Waals surface area contributed by atoms with E-state index in [-0.39, 0.29) is 17.4 Å². The molecule has 1 N–H and O–H groups in total. The fourth-order valence-corrected chi connectivity index (χ4v) is 4.59. The Balaban J connectivity index is 1.64. The second-order valence-electron chi connectivity index (χ2n) is 9.47. The molecule has 0 aliphatic carbocycles. The lowest BCUT2D eigenvalue weighted by molar-refractivity contribution is -0.117. The summed E-state index contributed by atoms with van der Waals surface area (Å²) in [6.45, 7) is 3.85. The quantitative estimate of drug-likeness (QED) is 0.313. The number of aliphatic hydroxyl groups is 1. The first-order valence-corrected chi connectivity index (χ1v) is 12.1. The van der Waals surface area contributed by atoms with Gasteiger partial charge in [0.05, 0.1) is 17.7 Å². The van der Waals surface area contributed by atoms with Gasteiger partial charge in [-0.25, -0.2) is 0 Å². The second kappa shape index (κ2) is 9.50. The number of para-hydroxylation sites is 1. The summed E-state index contributed by atoms with van der Waals surface area (Å²) >= 11 is 0. The van der Waals surface area contributed by atoms with Crippen molar-refractivity contribution in [1.29, 1.82) is 0 Å². The van der Waals surface area contributed by atoms with E-state index in [1.54, 1.807) is 30.3 Å². The van der Waals surface area contributed by atoms with Crippen molar-refractivity contribution >= 4 is 34.0 Å². The maximum atomic E-state index is 13.8. The molecule has 0 radical (unpaired) electrons. The lowest BCUT2D eigenvalue weighted by Gasteiger charge is -2.27. The number of benzene rings is 3. The number of carbonyl (C=O) groups excluding carboxylic acids is 2. The molecule has 1 aromatic heterocycles. The van der Waals surface area contributed by atoms with Crippen molar-refractivity contribution in [2.75, 3.05) is 23.9 Å². The SMILES string of the molecule is CC(C)Oc1cccc(C2C(C(=O)c3cc4ccccc4o3)=C(O)C(=O)N2c2ccc(N(C)C)cc2)c1. The van der Waals surface area contributed by atoms with Crippen molar-refractivity contribution < 1.29 is 23.8 Å². The van der Waals surface area contributed by atoms with Crippen LogP contribution in [0.2, 0.25) is 0 Å². The predicted molar refractivity (Wildman–Crippen MR) is 143 cm³/mol. The standard InChI is InChI=1S/C30H28N2O5/c1-18(2)36-23-10-7-9-20(16-23)27-26(28(33)25-17-19-8-5-6-11-24(19)37-25)29(34)30(35)32(27)22-14-12-21(13-15-22)31(3)4/h5-18,27,34H,1-4H3. The van der Waals surface area contributed by atoms with Crippen molar-refractivity contribution in [3.05, 3.63) is 102 Å². The number of nitrogens with zero attached hydrogens (tertiary/aromatic N) is 2. The number of hydrogen-bond acceptors (Lipinski definition) is 6. The first kappa shape index (κ1) is 24.2. The molecule has 2 heterocycles. The molecule has 7 heteroatoms. The topological polar surface area (TPSA) is 83.2 Å². The number of hydrogen-bond donors (Lipinski definition) is 1. The van der Waals surface area contributed by atoms with Gasteiger partial charge in [0.15, 0.2) is 11.5 Å². The van der Waals surface area contributed by atoms with Crippen LogP contribution in [0, 0.1) is 0 Å². The summed E-state index contributed by atoms with van der Waals surface area (Å²) in [5.41, 5.74) is 2.65. The van der Waals surface area contributed by atoms with Crippen molar-refractivity contribution in [1.82, 2.24) is 0 Å². The van der Waals surface area contributed by atoms with Crippen LogP contribution in [0.5, 0.6) is 5.75 Å². The third kappa shape index (κ3) is 4.44. The Labute approximate surface area is 215 Å². The number of aliphatic hydroxyl groups excluding tert-OH is 1. The zero-order chi connectivity index (χ0) is 26.3. The minimum absolute atomic E-state index is 0.0394. The molecule has 4 aromatic rings. The van der Waals surface area contributed by atoms with Crippen molar-refractivity contribution in [2.24, 2.45) is 0 Å². The first-order chi connectivity index (χ1) is 17.7. The summed E-state index contributed by atoms with van der Waals surface area (Å²) in [5.74, 6) is -1.14. The first-order valence-electron chi connectivity index (χ1n) is 12.1. The van der Waals surface area contributed by atoms with E-state index in [0.717, 1.165) is 11.1 Å². The smallest absolute Gasteiger partial charge is 0.294 e. The van der Waals surface area contributed by atoms with E-state index in [2.05, 4.69) is 0 Å². The number of ketones is 1. The molecule has 0 saturated heterocycles. The summed E-state index contributed by atoms with van der Waals surface area (Å²) in [7, 11) is 3.85. The van der Waals surface area contributed by atoms with Crippen molar-refractivity contribution in [2.45, 2.75) is 26.0 Å². The maximum absolute atomic E-state index is 13.8. The minimum Gasteiger partial charge on any atom is -0.503 e. The Morgan fingerprint density at radius 3 is 2.41 bits per heavy atom. The molecule has 0 fully saturated rings. The van der Waals surface area contributed by atoms with Gasteiger partial charge in [0.1, 0.15) is 11.3 Å². The molecule has 3 aromatic carbocycles. The fraction of sp³-hybridized carbons (Fsp3) is 0.200. The third-order valence-corrected chi connectivity index (χ3v) is 6.29. The molecule has 1 aliphatic heterocycles. The molecule has 1 atom stereocenters. The summed E-state index contributed by atoms with van der Waals surface area (Å²) in [6, 6.07) is 22.6. The largest absolute Gasteiger partial charge is 0.503 e. The van der Waals surface area contributed by atoms with Crippen LogP contribution in [-0.4, -0.2) is 37.0 Å². The minimum atomic E-state index is -0.880. The van der Waals surface area contributed by atoms with Crippen LogP contribution in [0.25, 0.3) is 11.0 Å². The van der Waals surface area contributed by atoms with Crippen LogP contribution < -0.4 is 14.5 Å². The van der Waals surface area contributed by atoms with Gasteiger partial charge in [-0.15, -0.1) is 0 Å². The van der Waals surface area contributed by atoms with Gasteiger partial charge in [0, 0.05) is 30.9 Å². The second-order valence-corrected chi connectivity index (χ2v) is 9.47. The van der Waals surface area contributed by atoms with Gasteiger partial charge in [-0.05, 0) is 67.9 Å². The molecule has 1 aliphatic rings. The van der Waals surface area contributed by atoms with E-state index in [1.165, 1.54) is 4.90 Å². The van der Waals surface area contributed by atoms with E-state index in [1.807, 2.05) is 81.4 Å². The molecule has 1 amide bonds. The Morgan fingerprint density at radius 1 is 1.00 bits per heavy atom. The number of anilines is 2. The highest BCUT2D eigenvalue weighted by atomic mass is 16.5. The van der Waals surface area contributed by atoms with Gasteiger partial charge in [-0.1, -0.05) is 30.3 Å². The lowest BCUT2D eigenvalue weighted by atomic mass is 9.94. The van der Waals surface area contributed by atoms with Gasteiger partial charge in [0.25, 0.3) is 5.91 Å². The molecular weight excluding hydrogens is 468 g/mol. The fourth-order valence-electron chi connectivity index (χ4n) is 4.59. The number of amides is 1. The molecule has 188 valence electrons. The number of fused-ring (bicyclic) bond motifs is 1. The Bertz CT molecular complexity index is 1480. The molecule has 7 nitrogen and oxygen atoms in total. The highest BCUT2D eigenvalue weighted by Crippen LogP contribution is 2.43. The van der Waals surface area contributed by atoms with E-state index >= 15 is 0 Å². The van der Waals surface area contributed by atoms with E-state index in [9.17, 15) is 14.7 Å². The number of carbonyl (C=O) groups is 2. The zero-order valence-electron chi connectivity index (χ0n) is 21.1. The zero-order valence-corrected chi connectivity index (χ0v) is 21.1. The van der Waals surface area contributed by atoms with Crippen LogP contribution in [0.15, 0.2) is 94.6 Å². The van der Waals surface area contributed by atoms with Gasteiger partial charge < -0.3 is 19.2 Å². The summed E-state index contributed by atoms with van der Waals surface area (Å²) in [5, 5.41) is 11.8. The molecule has 0 saturated carbocycles. The molecule has 1 unspecified atom stereocenters. The van der Waals surface area contributed by atoms with Crippen molar-refractivity contribution in [3.8, 4) is 5.75 Å². The number of furan rings is 1. The van der Waals surface area contributed by atoms with Gasteiger partial charge in [-0.2, -0.15) is 0 Å². The molecule has 0 bridgehead atoms. The predicted octanol–water partition coefficient (Wildman–Crippen LogP) is 6.07. The highest BCUT2D eigenvalue weighted by Gasteiger charge is 2.45. The highest BCUT2D eigenvalue weighted by molar-refractivity contribution is 6.20. The van der Waals surface area contributed by atoms with Crippen LogP contribution >= 0.6 is 0 Å². The average molecular weight is 497 g/mol. The third-order valence-electron chi connectivity index (χ3n) is 6.29. The Hall–Kier alpha value is -4.52. The maximum Gasteiger partial charge on any atom is 0.294 e. The van der Waals surface area contributed by atoms with Gasteiger partial charge in [-0.3, -0.25) is 14.5 Å². The monoisotopic (exact) mass is 496 g/mol. The van der Waals surface area contributed by atoms with Crippen LogP contribution in [0.1, 0.15) is 36.0 Å². The number of ether oxygens (including phenoxy) is 1. The van der Waals surface area contributed by atoms with Gasteiger partial charge >= 0.3 is 0 Å². The lowest BCUT2D eigenvalue weighted by Crippen LogP contribution is -2.31. The summed E-state index contributed by atoms with van der Waals surface area (Å²) in [6.07, 6.45) is -0.0595.